The summed E-state index contributed by atoms with van der Waals surface area (Å²) in [7, 11) is 0. The van der Waals surface area contributed by atoms with Gasteiger partial charge >= 0.3 is 6.09 Å². The van der Waals surface area contributed by atoms with Gasteiger partial charge in [0.25, 0.3) is 0 Å². The zero-order valence-electron chi connectivity index (χ0n) is 13.9. The summed E-state index contributed by atoms with van der Waals surface area (Å²) in [5.41, 5.74) is -0.480. The van der Waals surface area contributed by atoms with Gasteiger partial charge < -0.3 is 19.7 Å². The first-order chi connectivity index (χ1) is 10.9. The number of carbonyl (C=O) groups excluding carboxylic acids is 1. The molecule has 1 N–H and O–H groups in total. The van der Waals surface area contributed by atoms with Crippen LogP contribution in [-0.2, 0) is 4.74 Å². The monoisotopic (exact) mass is 320 g/mol. The standard InChI is InChI=1S/C16H24N4O3/c1-16(2,3)23-15(21)20-7-6-12(9-20)22-14-8-13(17-10-18-14)19-11-4-5-11/h8,10-12H,4-7,9H2,1-3H3,(H,17,18,19)/t12-/m1/s1. The third-order valence-corrected chi connectivity index (χ3v) is 3.66. The highest BCUT2D eigenvalue weighted by Crippen LogP contribution is 2.25. The first-order valence-electron chi connectivity index (χ1n) is 8.12. The first kappa shape index (κ1) is 15.8. The third-order valence-electron chi connectivity index (χ3n) is 3.66. The highest BCUT2D eigenvalue weighted by molar-refractivity contribution is 5.68. The summed E-state index contributed by atoms with van der Waals surface area (Å²) in [5.74, 6) is 1.33. The van der Waals surface area contributed by atoms with Crippen molar-refractivity contribution in [2.75, 3.05) is 18.4 Å². The van der Waals surface area contributed by atoms with Gasteiger partial charge in [0, 0.05) is 25.1 Å². The number of likely N-dealkylation sites (tertiary alicyclic amines) is 1. The van der Waals surface area contributed by atoms with Gasteiger partial charge in [-0.15, -0.1) is 0 Å². The predicted octanol–water partition coefficient (Wildman–Crippen LogP) is 2.44. The van der Waals surface area contributed by atoms with E-state index in [9.17, 15) is 4.79 Å². The van der Waals surface area contributed by atoms with Crippen LogP contribution in [0.2, 0.25) is 0 Å². The maximum Gasteiger partial charge on any atom is 0.410 e. The molecule has 1 saturated heterocycles. The van der Waals surface area contributed by atoms with Crippen LogP contribution in [0.15, 0.2) is 12.4 Å². The largest absolute Gasteiger partial charge is 0.472 e. The van der Waals surface area contributed by atoms with Crippen molar-refractivity contribution in [1.29, 1.82) is 0 Å². The van der Waals surface area contributed by atoms with Crippen LogP contribution in [-0.4, -0.2) is 51.8 Å². The Balaban J connectivity index is 1.52. The average Bonchev–Trinajstić information content (AvgIpc) is 3.13. The van der Waals surface area contributed by atoms with Crippen molar-refractivity contribution >= 4 is 11.9 Å². The molecule has 0 unspecified atom stereocenters. The minimum atomic E-state index is -0.480. The van der Waals surface area contributed by atoms with Crippen LogP contribution < -0.4 is 10.1 Å². The van der Waals surface area contributed by atoms with Crippen LogP contribution in [0.5, 0.6) is 5.88 Å². The van der Waals surface area contributed by atoms with Crippen molar-refractivity contribution in [2.24, 2.45) is 0 Å². The minimum absolute atomic E-state index is 0.0637. The van der Waals surface area contributed by atoms with Crippen molar-refractivity contribution < 1.29 is 14.3 Å². The third kappa shape index (κ3) is 4.71. The number of nitrogens with zero attached hydrogens (tertiary/aromatic N) is 3. The van der Waals surface area contributed by atoms with E-state index in [4.69, 9.17) is 9.47 Å². The lowest BCUT2D eigenvalue weighted by Crippen LogP contribution is -2.36. The molecule has 1 aliphatic carbocycles. The Morgan fingerprint density at radius 1 is 1.30 bits per heavy atom. The maximum absolute atomic E-state index is 12.1. The molecule has 0 aromatic carbocycles. The van der Waals surface area contributed by atoms with Gasteiger partial charge in [-0.3, -0.25) is 0 Å². The molecule has 1 aromatic rings. The first-order valence-corrected chi connectivity index (χ1v) is 8.12. The molecule has 23 heavy (non-hydrogen) atoms. The Hall–Kier alpha value is -2.05. The Morgan fingerprint density at radius 2 is 2.09 bits per heavy atom. The van der Waals surface area contributed by atoms with E-state index in [1.165, 1.54) is 19.2 Å². The van der Waals surface area contributed by atoms with Crippen LogP contribution in [0.4, 0.5) is 10.6 Å². The second kappa shape index (κ2) is 6.22. The molecule has 1 atom stereocenters. The molecule has 1 amide bonds. The fraction of sp³-hybridized carbons (Fsp3) is 0.688. The number of ether oxygens (including phenoxy) is 2. The molecule has 0 radical (unpaired) electrons. The Bertz CT molecular complexity index is 569. The molecule has 3 rings (SSSR count). The summed E-state index contributed by atoms with van der Waals surface area (Å²) < 4.78 is 11.3. The van der Waals surface area contributed by atoms with Crippen LogP contribution in [0.25, 0.3) is 0 Å². The average molecular weight is 320 g/mol. The van der Waals surface area contributed by atoms with Gasteiger partial charge in [-0.05, 0) is 33.6 Å². The summed E-state index contributed by atoms with van der Waals surface area (Å²) in [4.78, 5) is 22.1. The van der Waals surface area contributed by atoms with Crippen LogP contribution in [0, 0.1) is 0 Å². The van der Waals surface area contributed by atoms with Gasteiger partial charge in [-0.25, -0.2) is 14.8 Å². The molecule has 2 heterocycles. The lowest BCUT2D eigenvalue weighted by Gasteiger charge is -2.24. The van der Waals surface area contributed by atoms with E-state index in [-0.39, 0.29) is 12.2 Å². The number of hydrogen-bond donors (Lipinski definition) is 1. The van der Waals surface area contributed by atoms with Gasteiger partial charge in [0.15, 0.2) is 0 Å². The second-order valence-electron chi connectivity index (χ2n) is 7.11. The van der Waals surface area contributed by atoms with Gasteiger partial charge in [0.05, 0.1) is 6.54 Å². The highest BCUT2D eigenvalue weighted by Gasteiger charge is 2.31. The molecule has 2 aliphatic rings. The number of amides is 1. The quantitative estimate of drug-likeness (QED) is 0.918. The molecule has 7 heteroatoms. The minimum Gasteiger partial charge on any atom is -0.472 e. The molecule has 1 aliphatic heterocycles. The molecule has 7 nitrogen and oxygen atoms in total. The molecule has 0 bridgehead atoms. The highest BCUT2D eigenvalue weighted by atomic mass is 16.6. The van der Waals surface area contributed by atoms with Gasteiger partial charge in [0.1, 0.15) is 23.9 Å². The van der Waals surface area contributed by atoms with E-state index in [1.807, 2.05) is 26.8 Å². The van der Waals surface area contributed by atoms with E-state index in [1.54, 1.807) is 4.90 Å². The zero-order valence-corrected chi connectivity index (χ0v) is 13.9. The number of anilines is 1. The van der Waals surface area contributed by atoms with Crippen LogP contribution in [0.3, 0.4) is 0 Å². The summed E-state index contributed by atoms with van der Waals surface area (Å²) in [6, 6.07) is 2.35. The van der Waals surface area contributed by atoms with Gasteiger partial charge in [-0.1, -0.05) is 0 Å². The molecule has 2 fully saturated rings. The Kier molecular flexibility index (Phi) is 4.28. The second-order valence-corrected chi connectivity index (χ2v) is 7.11. The summed E-state index contributed by atoms with van der Waals surface area (Å²) >= 11 is 0. The summed E-state index contributed by atoms with van der Waals surface area (Å²) in [6.07, 6.45) is 4.30. The van der Waals surface area contributed by atoms with Crippen LogP contribution >= 0.6 is 0 Å². The van der Waals surface area contributed by atoms with Gasteiger partial charge in [0.2, 0.25) is 5.88 Å². The number of hydrogen-bond acceptors (Lipinski definition) is 6. The SMILES string of the molecule is CC(C)(C)OC(=O)N1CC[C@@H](Oc2cc(NC3CC3)ncn2)C1. The molecular formula is C16H24N4O3. The fourth-order valence-corrected chi connectivity index (χ4v) is 2.41. The molecular weight excluding hydrogens is 296 g/mol. The topological polar surface area (TPSA) is 76.6 Å². The van der Waals surface area contributed by atoms with E-state index in [2.05, 4.69) is 15.3 Å². The van der Waals surface area contributed by atoms with E-state index in [0.29, 0.717) is 25.0 Å². The zero-order chi connectivity index (χ0) is 16.4. The lowest BCUT2D eigenvalue weighted by molar-refractivity contribution is 0.0275. The van der Waals surface area contributed by atoms with Crippen molar-refractivity contribution in [2.45, 2.75) is 57.8 Å². The summed E-state index contributed by atoms with van der Waals surface area (Å²) in [6.45, 7) is 6.75. The van der Waals surface area contributed by atoms with Crippen molar-refractivity contribution in [1.82, 2.24) is 14.9 Å². The number of carbonyl (C=O) groups is 1. The van der Waals surface area contributed by atoms with Crippen molar-refractivity contribution in [3.05, 3.63) is 12.4 Å². The van der Waals surface area contributed by atoms with E-state index < -0.39 is 5.60 Å². The van der Waals surface area contributed by atoms with Crippen LogP contribution in [0.1, 0.15) is 40.0 Å². The molecule has 0 spiro atoms. The number of aromatic nitrogens is 2. The predicted molar refractivity (Wildman–Crippen MR) is 85.5 cm³/mol. The summed E-state index contributed by atoms with van der Waals surface area (Å²) in [5, 5.41) is 3.32. The maximum atomic E-state index is 12.1. The van der Waals surface area contributed by atoms with Gasteiger partial charge in [-0.2, -0.15) is 0 Å². The van der Waals surface area contributed by atoms with E-state index in [0.717, 1.165) is 12.2 Å². The number of nitrogens with one attached hydrogen (secondary N) is 1. The van der Waals surface area contributed by atoms with E-state index >= 15 is 0 Å². The smallest absolute Gasteiger partial charge is 0.410 e. The lowest BCUT2D eigenvalue weighted by atomic mass is 10.2. The fourth-order valence-electron chi connectivity index (χ4n) is 2.41. The normalized spacial score (nSPS) is 21.2. The molecule has 1 saturated carbocycles. The Labute approximate surface area is 136 Å². The van der Waals surface area contributed by atoms with Crippen molar-refractivity contribution in [3.8, 4) is 5.88 Å². The number of rotatable bonds is 4. The molecule has 126 valence electrons. The Morgan fingerprint density at radius 3 is 2.78 bits per heavy atom. The van der Waals surface area contributed by atoms with Crippen molar-refractivity contribution in [3.63, 3.8) is 0 Å². The molecule has 1 aromatic heterocycles.